The molecule has 1 aromatic heterocycles. The molecule has 1 aliphatic carbocycles. The van der Waals surface area contributed by atoms with Crippen LogP contribution in [0.2, 0.25) is 0 Å². The second-order valence-electron chi connectivity index (χ2n) is 6.39. The topological polar surface area (TPSA) is 45.5 Å². The first-order chi connectivity index (χ1) is 10.0. The van der Waals surface area contributed by atoms with Gasteiger partial charge in [-0.25, -0.2) is 0 Å². The maximum atomic E-state index is 11.8. The van der Waals surface area contributed by atoms with Gasteiger partial charge in [-0.15, -0.1) is 0 Å². The van der Waals surface area contributed by atoms with Gasteiger partial charge in [0.1, 0.15) is 0 Å². The molecule has 1 N–H and O–H groups in total. The van der Waals surface area contributed by atoms with E-state index in [-0.39, 0.29) is 17.2 Å². The van der Waals surface area contributed by atoms with Gasteiger partial charge in [-0.3, -0.25) is 9.69 Å². The maximum absolute atomic E-state index is 11.8. The maximum Gasteiger partial charge on any atom is 0.223 e. The van der Waals surface area contributed by atoms with E-state index in [2.05, 4.69) is 30.4 Å². The Hall–Kier alpha value is -1.29. The zero-order valence-corrected chi connectivity index (χ0v) is 13.5. The first-order valence-electron chi connectivity index (χ1n) is 8.17. The zero-order valence-electron chi connectivity index (χ0n) is 13.5. The molecule has 0 saturated heterocycles. The highest BCUT2D eigenvalue weighted by molar-refractivity contribution is 5.21. The number of rotatable bonds is 5. The van der Waals surface area contributed by atoms with Crippen LogP contribution >= 0.6 is 0 Å². The lowest BCUT2D eigenvalue weighted by Crippen LogP contribution is -2.34. The molecule has 118 valence electrons. The molecule has 0 aliphatic heterocycles. The largest absolute Gasteiger partial charge is 0.503 e. The Labute approximate surface area is 127 Å². The van der Waals surface area contributed by atoms with E-state index in [9.17, 15) is 9.90 Å². The summed E-state index contributed by atoms with van der Waals surface area (Å²) < 4.78 is 2.05. The average molecular weight is 292 g/mol. The van der Waals surface area contributed by atoms with E-state index < -0.39 is 0 Å². The van der Waals surface area contributed by atoms with Crippen molar-refractivity contribution in [1.29, 1.82) is 0 Å². The van der Waals surface area contributed by atoms with Crippen LogP contribution in [0.3, 0.4) is 0 Å². The molecule has 4 heteroatoms. The number of nitrogens with zero attached hydrogens (tertiary/aromatic N) is 2. The Morgan fingerprint density at radius 1 is 1.38 bits per heavy atom. The highest BCUT2D eigenvalue weighted by Crippen LogP contribution is 2.24. The van der Waals surface area contributed by atoms with Crippen molar-refractivity contribution in [3.8, 4) is 5.75 Å². The predicted molar refractivity (Wildman–Crippen MR) is 85.7 cm³/mol. The molecule has 2 rings (SSSR count). The lowest BCUT2D eigenvalue weighted by atomic mass is 9.94. The molecule has 0 spiro atoms. The molecule has 0 bridgehead atoms. The standard InChI is InChI=1S/C17H28N2O2/c1-4-13(2)19-12-17(21)16(20)10-15(19)11-18(3)14-8-6-5-7-9-14/h10,12-14,21H,4-9,11H2,1-3H3. The number of aromatic nitrogens is 1. The number of pyridine rings is 1. The Morgan fingerprint density at radius 3 is 2.67 bits per heavy atom. The lowest BCUT2D eigenvalue weighted by molar-refractivity contribution is 0.179. The molecule has 1 aliphatic rings. The lowest BCUT2D eigenvalue weighted by Gasteiger charge is -2.32. The number of aromatic hydroxyl groups is 1. The summed E-state index contributed by atoms with van der Waals surface area (Å²) >= 11 is 0. The third-order valence-corrected chi connectivity index (χ3v) is 4.82. The van der Waals surface area contributed by atoms with E-state index in [0.29, 0.717) is 6.04 Å². The SMILES string of the molecule is CCC(C)n1cc(O)c(=O)cc1CN(C)C1CCCCC1. The molecule has 0 amide bonds. The van der Waals surface area contributed by atoms with E-state index in [1.54, 1.807) is 12.3 Å². The summed E-state index contributed by atoms with van der Waals surface area (Å²) in [6, 6.07) is 2.50. The van der Waals surface area contributed by atoms with Crippen molar-refractivity contribution in [2.24, 2.45) is 0 Å². The Bertz CT molecular complexity index is 518. The number of hydrogen-bond acceptors (Lipinski definition) is 3. The van der Waals surface area contributed by atoms with Crippen LogP contribution in [-0.4, -0.2) is 27.7 Å². The van der Waals surface area contributed by atoms with Crippen molar-refractivity contribution in [2.75, 3.05) is 7.05 Å². The molecule has 1 atom stereocenters. The average Bonchev–Trinajstić information content (AvgIpc) is 2.50. The van der Waals surface area contributed by atoms with Gasteiger partial charge in [-0.1, -0.05) is 26.2 Å². The third kappa shape index (κ3) is 3.88. The first kappa shape index (κ1) is 16.1. The Morgan fingerprint density at radius 2 is 2.05 bits per heavy atom. The summed E-state index contributed by atoms with van der Waals surface area (Å²) in [6.07, 6.45) is 9.04. The monoisotopic (exact) mass is 292 g/mol. The Balaban J connectivity index is 2.21. The fourth-order valence-electron chi connectivity index (χ4n) is 3.22. The summed E-state index contributed by atoms with van der Waals surface area (Å²) in [5.41, 5.74) is 0.724. The molecule has 21 heavy (non-hydrogen) atoms. The van der Waals surface area contributed by atoms with E-state index in [1.165, 1.54) is 32.1 Å². The molecular formula is C17H28N2O2. The minimum atomic E-state index is -0.276. The van der Waals surface area contributed by atoms with Gasteiger partial charge in [0.05, 0.1) is 6.20 Å². The van der Waals surface area contributed by atoms with E-state index >= 15 is 0 Å². The van der Waals surface area contributed by atoms with Crippen molar-refractivity contribution in [1.82, 2.24) is 9.47 Å². The second kappa shape index (κ2) is 7.12. The molecule has 1 saturated carbocycles. The van der Waals surface area contributed by atoms with Gasteiger partial charge in [0.25, 0.3) is 0 Å². The summed E-state index contributed by atoms with van der Waals surface area (Å²) in [4.78, 5) is 14.1. The molecule has 0 aromatic carbocycles. The van der Waals surface area contributed by atoms with Gasteiger partial charge in [-0.2, -0.15) is 0 Å². The molecule has 1 unspecified atom stereocenters. The van der Waals surface area contributed by atoms with Crippen LogP contribution in [0.4, 0.5) is 0 Å². The Kier molecular flexibility index (Phi) is 5.45. The van der Waals surface area contributed by atoms with Gasteiger partial charge >= 0.3 is 0 Å². The van der Waals surface area contributed by atoms with Gasteiger partial charge in [0, 0.05) is 30.4 Å². The minimum absolute atomic E-state index is 0.153. The molecule has 1 fully saturated rings. The van der Waals surface area contributed by atoms with Gasteiger partial charge in [0.2, 0.25) is 5.43 Å². The fourth-order valence-corrected chi connectivity index (χ4v) is 3.22. The molecule has 1 aromatic rings. The van der Waals surface area contributed by atoms with Crippen LogP contribution in [-0.2, 0) is 6.54 Å². The summed E-state index contributed by atoms with van der Waals surface area (Å²) in [7, 11) is 2.15. The fraction of sp³-hybridized carbons (Fsp3) is 0.706. The predicted octanol–water partition coefficient (Wildman–Crippen LogP) is 3.29. The van der Waals surface area contributed by atoms with E-state index in [0.717, 1.165) is 18.7 Å². The van der Waals surface area contributed by atoms with Crippen molar-refractivity contribution in [2.45, 2.75) is 71.0 Å². The van der Waals surface area contributed by atoms with Crippen molar-refractivity contribution in [3.63, 3.8) is 0 Å². The van der Waals surface area contributed by atoms with E-state index in [1.807, 2.05) is 0 Å². The van der Waals surface area contributed by atoms with Crippen LogP contribution < -0.4 is 5.43 Å². The smallest absolute Gasteiger partial charge is 0.223 e. The number of hydrogen-bond donors (Lipinski definition) is 1. The third-order valence-electron chi connectivity index (χ3n) is 4.82. The zero-order chi connectivity index (χ0) is 15.4. The molecule has 4 nitrogen and oxygen atoms in total. The van der Waals surface area contributed by atoms with Crippen LogP contribution in [0, 0.1) is 0 Å². The highest BCUT2D eigenvalue weighted by atomic mass is 16.3. The van der Waals surface area contributed by atoms with Crippen LogP contribution in [0.15, 0.2) is 17.1 Å². The summed E-state index contributed by atoms with van der Waals surface area (Å²) in [5, 5.41) is 9.70. The quantitative estimate of drug-likeness (QED) is 0.905. The van der Waals surface area contributed by atoms with Crippen molar-refractivity contribution < 1.29 is 5.11 Å². The second-order valence-corrected chi connectivity index (χ2v) is 6.39. The normalized spacial score (nSPS) is 18.1. The first-order valence-corrected chi connectivity index (χ1v) is 8.17. The highest BCUT2D eigenvalue weighted by Gasteiger charge is 2.20. The van der Waals surface area contributed by atoms with Crippen LogP contribution in [0.25, 0.3) is 0 Å². The van der Waals surface area contributed by atoms with Crippen molar-refractivity contribution >= 4 is 0 Å². The summed E-state index contributed by atoms with van der Waals surface area (Å²) in [6.45, 7) is 5.01. The van der Waals surface area contributed by atoms with Crippen LogP contribution in [0.5, 0.6) is 5.75 Å². The van der Waals surface area contributed by atoms with Gasteiger partial charge in [-0.05, 0) is 33.2 Å². The molecule has 1 heterocycles. The summed E-state index contributed by atoms with van der Waals surface area (Å²) in [5.74, 6) is -0.153. The van der Waals surface area contributed by atoms with Gasteiger partial charge in [0.15, 0.2) is 5.75 Å². The van der Waals surface area contributed by atoms with Gasteiger partial charge < -0.3 is 9.67 Å². The van der Waals surface area contributed by atoms with Crippen LogP contribution in [0.1, 0.15) is 64.1 Å². The molecular weight excluding hydrogens is 264 g/mol. The van der Waals surface area contributed by atoms with Crippen molar-refractivity contribution in [3.05, 3.63) is 28.2 Å². The van der Waals surface area contributed by atoms with E-state index in [4.69, 9.17) is 0 Å². The minimum Gasteiger partial charge on any atom is -0.503 e. The molecule has 0 radical (unpaired) electrons.